The van der Waals surface area contributed by atoms with Crippen LogP contribution in [-0.2, 0) is 4.79 Å². The number of nitro groups is 1. The molecule has 0 bridgehead atoms. The summed E-state index contributed by atoms with van der Waals surface area (Å²) >= 11 is 0. The number of carbonyl (C=O) groups is 2. The molecule has 0 saturated carbocycles. The Morgan fingerprint density at radius 3 is 2.34 bits per heavy atom. The zero-order valence-electron chi connectivity index (χ0n) is 16.3. The van der Waals surface area contributed by atoms with Gasteiger partial charge in [-0.3, -0.25) is 19.7 Å². The lowest BCUT2D eigenvalue weighted by molar-refractivity contribution is -0.384. The van der Waals surface area contributed by atoms with Crippen molar-refractivity contribution in [3.05, 3.63) is 69.8 Å². The smallest absolute Gasteiger partial charge is 0.271 e. The Kier molecular flexibility index (Phi) is 8.50. The molecule has 0 aromatic heterocycles. The van der Waals surface area contributed by atoms with Crippen LogP contribution in [-0.4, -0.2) is 23.0 Å². The number of nitrogens with zero attached hydrogens (tertiary/aromatic N) is 2. The number of amides is 2. The van der Waals surface area contributed by atoms with E-state index in [0.29, 0.717) is 23.2 Å². The number of non-ortho nitro benzene ring substituents is 1. The third-order valence-electron chi connectivity index (χ3n) is 4.17. The Morgan fingerprint density at radius 1 is 1.03 bits per heavy atom. The molecule has 2 aromatic carbocycles. The molecule has 0 aliphatic heterocycles. The first kappa shape index (κ1) is 21.7. The van der Waals surface area contributed by atoms with Crippen molar-refractivity contribution in [1.29, 1.82) is 0 Å². The van der Waals surface area contributed by atoms with E-state index in [4.69, 9.17) is 0 Å². The van der Waals surface area contributed by atoms with Gasteiger partial charge in [0, 0.05) is 29.8 Å². The second-order valence-corrected chi connectivity index (χ2v) is 6.48. The van der Waals surface area contributed by atoms with Crippen molar-refractivity contribution >= 4 is 29.4 Å². The van der Waals surface area contributed by atoms with Crippen LogP contribution in [0.25, 0.3) is 0 Å². The molecule has 152 valence electrons. The fourth-order valence-corrected chi connectivity index (χ4v) is 2.55. The molecule has 0 atom stereocenters. The Labute approximate surface area is 169 Å². The summed E-state index contributed by atoms with van der Waals surface area (Å²) < 4.78 is 0. The summed E-state index contributed by atoms with van der Waals surface area (Å²) in [6.07, 6.45) is 6.05. The number of nitro benzene ring substituents is 1. The van der Waals surface area contributed by atoms with Crippen LogP contribution < -0.4 is 10.7 Å². The lowest BCUT2D eigenvalue weighted by Gasteiger charge is -2.06. The first-order valence-electron chi connectivity index (χ1n) is 9.47. The molecule has 8 nitrogen and oxygen atoms in total. The number of anilines is 1. The van der Waals surface area contributed by atoms with Crippen LogP contribution in [0.2, 0.25) is 0 Å². The molecule has 2 aromatic rings. The molecular weight excluding hydrogens is 372 g/mol. The minimum Gasteiger partial charge on any atom is -0.326 e. The number of benzene rings is 2. The van der Waals surface area contributed by atoms with Gasteiger partial charge in [-0.05, 0) is 48.4 Å². The Hall–Kier alpha value is -3.55. The van der Waals surface area contributed by atoms with Crippen molar-refractivity contribution in [1.82, 2.24) is 5.43 Å². The van der Waals surface area contributed by atoms with Gasteiger partial charge in [-0.25, -0.2) is 5.43 Å². The van der Waals surface area contributed by atoms with Crippen molar-refractivity contribution in [3.63, 3.8) is 0 Å². The van der Waals surface area contributed by atoms with Crippen LogP contribution in [0.4, 0.5) is 11.4 Å². The maximum atomic E-state index is 12.1. The van der Waals surface area contributed by atoms with Gasteiger partial charge in [0.2, 0.25) is 5.91 Å². The maximum absolute atomic E-state index is 12.1. The second kappa shape index (κ2) is 11.3. The number of hydrazone groups is 1. The fraction of sp³-hybridized carbons (Fsp3) is 0.286. The summed E-state index contributed by atoms with van der Waals surface area (Å²) in [7, 11) is 0. The molecule has 0 spiro atoms. The normalized spacial score (nSPS) is 10.7. The first-order chi connectivity index (χ1) is 14.0. The molecule has 0 radical (unpaired) electrons. The zero-order valence-corrected chi connectivity index (χ0v) is 16.3. The average Bonchev–Trinajstić information content (AvgIpc) is 2.72. The molecule has 2 amide bonds. The predicted octanol–water partition coefficient (Wildman–Crippen LogP) is 4.27. The Bertz CT molecular complexity index is 861. The van der Waals surface area contributed by atoms with E-state index in [1.54, 1.807) is 24.3 Å². The van der Waals surface area contributed by atoms with E-state index in [1.165, 1.54) is 30.5 Å². The van der Waals surface area contributed by atoms with Gasteiger partial charge in [0.15, 0.2) is 0 Å². The molecule has 0 unspecified atom stereocenters. The largest absolute Gasteiger partial charge is 0.326 e. The van der Waals surface area contributed by atoms with Crippen LogP contribution in [0.1, 0.15) is 54.9 Å². The quantitative estimate of drug-likeness (QED) is 0.270. The van der Waals surface area contributed by atoms with Crippen LogP contribution in [0, 0.1) is 10.1 Å². The van der Waals surface area contributed by atoms with Gasteiger partial charge in [-0.2, -0.15) is 5.10 Å². The first-order valence-corrected chi connectivity index (χ1v) is 9.47. The van der Waals surface area contributed by atoms with Gasteiger partial charge in [0.1, 0.15) is 0 Å². The lowest BCUT2D eigenvalue weighted by Crippen LogP contribution is -2.17. The SMILES string of the molecule is CCCCCCC(=O)Nc1ccc(C(=O)N/N=C\c2ccc([N+](=O)[O-])cc2)cc1. The van der Waals surface area contributed by atoms with Gasteiger partial charge in [0.25, 0.3) is 11.6 Å². The van der Waals surface area contributed by atoms with Crippen molar-refractivity contribution < 1.29 is 14.5 Å². The van der Waals surface area contributed by atoms with Crippen LogP contribution in [0.15, 0.2) is 53.6 Å². The standard InChI is InChI=1S/C21H24N4O4/c1-2-3-4-5-6-20(26)23-18-11-9-17(10-12-18)21(27)24-22-15-16-7-13-19(14-8-16)25(28)29/h7-15H,2-6H2,1H3,(H,23,26)(H,24,27)/b22-15-. The molecule has 0 fully saturated rings. The van der Waals surface area contributed by atoms with Gasteiger partial charge in [0.05, 0.1) is 11.1 Å². The van der Waals surface area contributed by atoms with Crippen LogP contribution in [0.3, 0.4) is 0 Å². The van der Waals surface area contributed by atoms with Gasteiger partial charge in [-0.1, -0.05) is 26.2 Å². The van der Waals surface area contributed by atoms with Gasteiger partial charge in [-0.15, -0.1) is 0 Å². The van der Waals surface area contributed by atoms with Crippen molar-refractivity contribution in [2.75, 3.05) is 5.32 Å². The monoisotopic (exact) mass is 396 g/mol. The summed E-state index contributed by atoms with van der Waals surface area (Å²) in [5.74, 6) is -0.438. The molecule has 29 heavy (non-hydrogen) atoms. The Balaban J connectivity index is 1.82. The van der Waals surface area contributed by atoms with Crippen LogP contribution >= 0.6 is 0 Å². The van der Waals surface area contributed by atoms with E-state index in [2.05, 4.69) is 22.8 Å². The maximum Gasteiger partial charge on any atom is 0.271 e. The second-order valence-electron chi connectivity index (χ2n) is 6.48. The summed E-state index contributed by atoms with van der Waals surface area (Å²) in [4.78, 5) is 34.1. The molecule has 0 aliphatic carbocycles. The van der Waals surface area contributed by atoms with Gasteiger partial charge >= 0.3 is 0 Å². The summed E-state index contributed by atoms with van der Waals surface area (Å²) in [6.45, 7) is 2.12. The van der Waals surface area contributed by atoms with E-state index in [1.807, 2.05) is 0 Å². The molecule has 8 heteroatoms. The van der Waals surface area contributed by atoms with E-state index < -0.39 is 10.8 Å². The molecule has 0 heterocycles. The fourth-order valence-electron chi connectivity index (χ4n) is 2.55. The third kappa shape index (κ3) is 7.53. The number of rotatable bonds is 10. The summed E-state index contributed by atoms with van der Waals surface area (Å²) in [5, 5.41) is 17.3. The number of hydrogen-bond acceptors (Lipinski definition) is 5. The van der Waals surface area contributed by atoms with Crippen molar-refractivity contribution in [3.8, 4) is 0 Å². The Morgan fingerprint density at radius 2 is 1.72 bits per heavy atom. The predicted molar refractivity (Wildman–Crippen MR) is 112 cm³/mol. The molecule has 0 aliphatic rings. The summed E-state index contributed by atoms with van der Waals surface area (Å²) in [6, 6.07) is 12.3. The number of unbranched alkanes of at least 4 members (excludes halogenated alkanes) is 3. The van der Waals surface area contributed by atoms with E-state index in [0.717, 1.165) is 25.7 Å². The molecule has 2 N–H and O–H groups in total. The number of carbonyl (C=O) groups excluding carboxylic acids is 2. The van der Waals surface area contributed by atoms with Gasteiger partial charge < -0.3 is 5.32 Å². The zero-order chi connectivity index (χ0) is 21.1. The summed E-state index contributed by atoms with van der Waals surface area (Å²) in [5.41, 5.74) is 4.03. The third-order valence-corrected chi connectivity index (χ3v) is 4.17. The van der Waals surface area contributed by atoms with Crippen molar-refractivity contribution in [2.45, 2.75) is 39.0 Å². The van der Waals surface area contributed by atoms with E-state index in [-0.39, 0.29) is 11.6 Å². The van der Waals surface area contributed by atoms with E-state index in [9.17, 15) is 19.7 Å². The van der Waals surface area contributed by atoms with Crippen molar-refractivity contribution in [2.24, 2.45) is 5.10 Å². The molecular formula is C21H24N4O4. The lowest BCUT2D eigenvalue weighted by atomic mass is 10.1. The topological polar surface area (TPSA) is 114 Å². The minimum absolute atomic E-state index is 0.0145. The number of nitrogens with one attached hydrogen (secondary N) is 2. The molecule has 0 saturated heterocycles. The highest BCUT2D eigenvalue weighted by Crippen LogP contribution is 2.12. The highest BCUT2D eigenvalue weighted by Gasteiger charge is 2.06. The average molecular weight is 396 g/mol. The van der Waals surface area contributed by atoms with E-state index >= 15 is 0 Å². The highest BCUT2D eigenvalue weighted by atomic mass is 16.6. The number of hydrogen-bond donors (Lipinski definition) is 2. The molecule has 2 rings (SSSR count). The van der Waals surface area contributed by atoms with Crippen LogP contribution in [0.5, 0.6) is 0 Å². The highest BCUT2D eigenvalue weighted by molar-refractivity contribution is 5.96. The minimum atomic E-state index is -0.485.